The summed E-state index contributed by atoms with van der Waals surface area (Å²) in [5.41, 5.74) is 0.820. The van der Waals surface area contributed by atoms with Gasteiger partial charge < -0.3 is 9.47 Å². The van der Waals surface area contributed by atoms with Crippen LogP contribution in [0.5, 0.6) is 0 Å². The summed E-state index contributed by atoms with van der Waals surface area (Å²) >= 11 is 0. The Balaban J connectivity index is 1.30. The Bertz CT molecular complexity index is 732. The van der Waals surface area contributed by atoms with Crippen molar-refractivity contribution >= 4 is 5.97 Å². The van der Waals surface area contributed by atoms with Crippen molar-refractivity contribution in [1.82, 2.24) is 0 Å². The van der Waals surface area contributed by atoms with Crippen LogP contribution in [0.15, 0.2) is 0 Å². The van der Waals surface area contributed by atoms with Gasteiger partial charge in [0.2, 0.25) is 0 Å². The second kappa shape index (κ2) is 7.99. The van der Waals surface area contributed by atoms with Gasteiger partial charge in [-0.15, -0.1) is 0 Å². The van der Waals surface area contributed by atoms with Gasteiger partial charge in [0.15, 0.2) is 0 Å². The van der Waals surface area contributed by atoms with Crippen molar-refractivity contribution in [2.45, 2.75) is 130 Å². The van der Waals surface area contributed by atoms with E-state index < -0.39 is 0 Å². The summed E-state index contributed by atoms with van der Waals surface area (Å²) in [6.45, 7) is 14.1. The summed E-state index contributed by atoms with van der Waals surface area (Å²) < 4.78 is 12.3. The first-order valence-corrected chi connectivity index (χ1v) is 14.0. The van der Waals surface area contributed by atoms with E-state index in [-0.39, 0.29) is 23.1 Å². The van der Waals surface area contributed by atoms with Crippen LogP contribution in [0.25, 0.3) is 0 Å². The van der Waals surface area contributed by atoms with E-state index in [2.05, 4.69) is 34.6 Å². The first-order valence-electron chi connectivity index (χ1n) is 14.0. The summed E-state index contributed by atoms with van der Waals surface area (Å²) in [6, 6.07) is 0. The van der Waals surface area contributed by atoms with Gasteiger partial charge in [0, 0.05) is 18.8 Å². The summed E-state index contributed by atoms with van der Waals surface area (Å²) in [5, 5.41) is 0. The van der Waals surface area contributed by atoms with E-state index in [0.717, 1.165) is 48.3 Å². The number of fused-ring (bicyclic) bond motifs is 4. The van der Waals surface area contributed by atoms with E-state index in [1.165, 1.54) is 57.8 Å². The lowest BCUT2D eigenvalue weighted by molar-refractivity contribution is -0.157. The molecule has 0 bridgehead atoms. The molecule has 0 radical (unpaired) electrons. The van der Waals surface area contributed by atoms with Crippen LogP contribution in [0.4, 0.5) is 0 Å². The molecule has 10 atom stereocenters. The third-order valence-corrected chi connectivity index (χ3v) is 11.6. The summed E-state index contributed by atoms with van der Waals surface area (Å²) in [7, 11) is 0. The molecule has 5 aliphatic rings. The monoisotopic (exact) mass is 444 g/mol. The van der Waals surface area contributed by atoms with Crippen LogP contribution >= 0.6 is 0 Å². The third kappa shape index (κ3) is 3.42. The fourth-order valence-electron chi connectivity index (χ4n) is 10.00. The number of esters is 1. The molecule has 1 aliphatic heterocycles. The second-order valence-electron chi connectivity index (χ2n) is 13.5. The van der Waals surface area contributed by atoms with E-state index in [1.54, 1.807) is 6.92 Å². The van der Waals surface area contributed by atoms with Crippen molar-refractivity contribution < 1.29 is 14.3 Å². The predicted octanol–water partition coefficient (Wildman–Crippen LogP) is 7.17. The zero-order valence-corrected chi connectivity index (χ0v) is 21.6. The SMILES string of the molecule is CC(=O)O[C@@H]1CC[C@]2(C)[C@H]3CC[C@]4(C)[C@@H]([C@H](C)CCCC(C)C)CC[C@H]4[C@@H]3CC3OC32C1. The molecular formula is C29H48O3. The number of hydrogen-bond donors (Lipinski definition) is 0. The Hall–Kier alpha value is -0.570. The Morgan fingerprint density at radius 2 is 1.81 bits per heavy atom. The van der Waals surface area contributed by atoms with Crippen LogP contribution in [0.2, 0.25) is 0 Å². The fraction of sp³-hybridized carbons (Fsp3) is 0.966. The molecule has 0 aromatic heterocycles. The minimum Gasteiger partial charge on any atom is -0.462 e. The van der Waals surface area contributed by atoms with Crippen LogP contribution in [0.1, 0.15) is 112 Å². The van der Waals surface area contributed by atoms with Gasteiger partial charge in [-0.05, 0) is 85.9 Å². The molecule has 182 valence electrons. The lowest BCUT2D eigenvalue weighted by Crippen LogP contribution is -2.59. The number of hydrogen-bond acceptors (Lipinski definition) is 3. The second-order valence-corrected chi connectivity index (χ2v) is 13.5. The number of rotatable bonds is 6. The molecule has 5 fully saturated rings. The maximum atomic E-state index is 11.6. The molecule has 0 N–H and O–H groups in total. The van der Waals surface area contributed by atoms with Crippen molar-refractivity contribution in [2.75, 3.05) is 0 Å². The summed E-state index contributed by atoms with van der Waals surface area (Å²) in [4.78, 5) is 11.6. The van der Waals surface area contributed by atoms with E-state index in [9.17, 15) is 4.79 Å². The molecule has 3 nitrogen and oxygen atoms in total. The first kappa shape index (κ1) is 23.2. The number of carbonyl (C=O) groups excluding carboxylic acids is 1. The van der Waals surface area contributed by atoms with Crippen LogP contribution in [0.3, 0.4) is 0 Å². The molecule has 2 unspecified atom stereocenters. The molecule has 3 heteroatoms. The standard InChI is InChI=1S/C29H48O3/c1-18(2)8-7-9-19(3)23-10-11-24-22-16-26-29(32-26)17-21(31-20(4)30)12-15-28(29,6)25(22)13-14-27(23,24)5/h18-19,21-26H,7-17H2,1-6H3/t19-,21-,22+,23-,24+,25+,26?,27-,28-,29?/m1/s1. The average Bonchev–Trinajstić information content (AvgIpc) is 3.28. The fourth-order valence-corrected chi connectivity index (χ4v) is 10.00. The van der Waals surface area contributed by atoms with E-state index in [4.69, 9.17) is 9.47 Å². The molecule has 1 heterocycles. The normalized spacial score (nSPS) is 50.1. The topological polar surface area (TPSA) is 38.8 Å². The minimum atomic E-state index is -0.131. The quantitative estimate of drug-likeness (QED) is 0.322. The zero-order valence-electron chi connectivity index (χ0n) is 21.6. The van der Waals surface area contributed by atoms with E-state index >= 15 is 0 Å². The van der Waals surface area contributed by atoms with Gasteiger partial charge in [0.1, 0.15) is 11.7 Å². The largest absolute Gasteiger partial charge is 0.462 e. The third-order valence-electron chi connectivity index (χ3n) is 11.6. The Kier molecular flexibility index (Phi) is 5.79. The maximum absolute atomic E-state index is 11.6. The highest BCUT2D eigenvalue weighted by Gasteiger charge is 2.76. The summed E-state index contributed by atoms with van der Waals surface area (Å²) in [5.74, 6) is 5.03. The van der Waals surface area contributed by atoms with Gasteiger partial charge in [-0.2, -0.15) is 0 Å². The molecule has 1 saturated heterocycles. The lowest BCUT2D eigenvalue weighted by atomic mass is 9.44. The van der Waals surface area contributed by atoms with E-state index in [1.807, 2.05) is 0 Å². The summed E-state index contributed by atoms with van der Waals surface area (Å²) in [6.07, 6.45) is 14.8. The van der Waals surface area contributed by atoms with Gasteiger partial charge in [-0.1, -0.05) is 53.9 Å². The Morgan fingerprint density at radius 1 is 1.03 bits per heavy atom. The highest BCUT2D eigenvalue weighted by atomic mass is 16.6. The van der Waals surface area contributed by atoms with Crippen molar-refractivity contribution in [3.63, 3.8) is 0 Å². The molecule has 0 aromatic carbocycles. The average molecular weight is 445 g/mol. The lowest BCUT2D eigenvalue weighted by Gasteiger charge is -2.59. The van der Waals surface area contributed by atoms with Crippen molar-refractivity contribution in [2.24, 2.45) is 46.3 Å². The number of ether oxygens (including phenoxy) is 2. The molecule has 32 heavy (non-hydrogen) atoms. The van der Waals surface area contributed by atoms with Crippen LogP contribution in [0, 0.1) is 46.3 Å². The van der Waals surface area contributed by atoms with E-state index in [0.29, 0.717) is 11.5 Å². The van der Waals surface area contributed by atoms with Crippen LogP contribution in [-0.2, 0) is 14.3 Å². The van der Waals surface area contributed by atoms with Gasteiger partial charge >= 0.3 is 5.97 Å². The molecule has 4 saturated carbocycles. The maximum Gasteiger partial charge on any atom is 0.302 e. The molecule has 0 amide bonds. The van der Waals surface area contributed by atoms with Gasteiger partial charge in [0.05, 0.1) is 6.10 Å². The smallest absolute Gasteiger partial charge is 0.302 e. The number of epoxide rings is 1. The highest BCUT2D eigenvalue weighted by molar-refractivity contribution is 5.66. The molecule has 1 spiro atoms. The molecule has 0 aromatic rings. The van der Waals surface area contributed by atoms with Crippen molar-refractivity contribution in [3.8, 4) is 0 Å². The van der Waals surface area contributed by atoms with Crippen molar-refractivity contribution in [3.05, 3.63) is 0 Å². The minimum absolute atomic E-state index is 0.00240. The molecule has 4 aliphatic carbocycles. The molecular weight excluding hydrogens is 396 g/mol. The number of carbonyl (C=O) groups is 1. The van der Waals surface area contributed by atoms with Gasteiger partial charge in [-0.3, -0.25) is 4.79 Å². The van der Waals surface area contributed by atoms with Crippen molar-refractivity contribution in [1.29, 1.82) is 0 Å². The Morgan fingerprint density at radius 3 is 2.53 bits per heavy atom. The van der Waals surface area contributed by atoms with Crippen LogP contribution < -0.4 is 0 Å². The predicted molar refractivity (Wildman–Crippen MR) is 128 cm³/mol. The first-order chi connectivity index (χ1) is 15.1. The highest BCUT2D eigenvalue weighted by Crippen LogP contribution is 2.74. The Labute approximate surface area is 196 Å². The van der Waals surface area contributed by atoms with Gasteiger partial charge in [0.25, 0.3) is 0 Å². The van der Waals surface area contributed by atoms with Gasteiger partial charge in [-0.25, -0.2) is 0 Å². The molecule has 5 rings (SSSR count). The zero-order chi connectivity index (χ0) is 22.9. The van der Waals surface area contributed by atoms with Crippen LogP contribution in [-0.4, -0.2) is 23.8 Å².